The average Bonchev–Trinajstić information content (AvgIpc) is 2.93. The molecule has 3 aliphatic rings. The Balaban J connectivity index is 1.99. The summed E-state index contributed by atoms with van der Waals surface area (Å²) in [5.41, 5.74) is 2.81. The Labute approximate surface area is 162 Å². The third kappa shape index (κ3) is 3.40. The second-order valence-corrected chi connectivity index (χ2v) is 9.76. The van der Waals surface area contributed by atoms with E-state index in [4.69, 9.17) is 0 Å². The van der Waals surface area contributed by atoms with E-state index < -0.39 is 5.97 Å². The van der Waals surface area contributed by atoms with Crippen molar-refractivity contribution in [1.82, 2.24) is 0 Å². The number of aliphatic carboxylic acids is 1. The monoisotopic (exact) mass is 374 g/mol. The molecule has 5 atom stereocenters. The molecule has 0 aromatic heterocycles. The number of rotatable bonds is 6. The summed E-state index contributed by atoms with van der Waals surface area (Å²) in [6, 6.07) is 0. The van der Waals surface area contributed by atoms with Gasteiger partial charge in [0.25, 0.3) is 0 Å². The first-order chi connectivity index (χ1) is 12.6. The molecule has 0 heterocycles. The van der Waals surface area contributed by atoms with Crippen LogP contribution in [0.25, 0.3) is 0 Å². The number of carboxylic acids is 1. The average molecular weight is 375 g/mol. The Hall–Kier alpha value is -1.45. The summed E-state index contributed by atoms with van der Waals surface area (Å²) in [6.07, 6.45) is 7.31. The van der Waals surface area contributed by atoms with E-state index in [1.54, 1.807) is 13.8 Å². The molecule has 0 aromatic carbocycles. The number of ketones is 2. The van der Waals surface area contributed by atoms with Crippen molar-refractivity contribution in [1.29, 1.82) is 0 Å². The van der Waals surface area contributed by atoms with Gasteiger partial charge >= 0.3 is 5.97 Å². The quantitative estimate of drug-likeness (QED) is 0.667. The van der Waals surface area contributed by atoms with Crippen molar-refractivity contribution in [3.05, 3.63) is 11.1 Å². The van der Waals surface area contributed by atoms with Gasteiger partial charge in [0.05, 0.1) is 0 Å². The topological polar surface area (TPSA) is 71.4 Å². The van der Waals surface area contributed by atoms with Crippen molar-refractivity contribution >= 4 is 17.5 Å². The molecule has 0 amide bonds. The van der Waals surface area contributed by atoms with E-state index in [1.165, 1.54) is 11.1 Å². The molecule has 0 bridgehead atoms. The van der Waals surface area contributed by atoms with Gasteiger partial charge in [-0.2, -0.15) is 0 Å². The molecule has 27 heavy (non-hydrogen) atoms. The number of allylic oxidation sites excluding steroid dienone is 2. The molecule has 0 radical (unpaired) electrons. The van der Waals surface area contributed by atoms with Crippen molar-refractivity contribution in [3.8, 4) is 0 Å². The maximum atomic E-state index is 12.2. The second kappa shape index (κ2) is 7.18. The highest BCUT2D eigenvalue weighted by Crippen LogP contribution is 2.64. The minimum Gasteiger partial charge on any atom is -0.481 e. The first-order valence-electron chi connectivity index (χ1n) is 10.5. The molecular weight excluding hydrogens is 340 g/mol. The van der Waals surface area contributed by atoms with Gasteiger partial charge in [-0.15, -0.1) is 0 Å². The SMILES string of the molecule is CC(=O)C[C@@H]1CCC2=C(CC[C@]3(C)[C@@H](C(C)=O)CC[C@@H]23)[C@@]1(C)CCC(=O)O. The Bertz CT molecular complexity index is 690. The smallest absolute Gasteiger partial charge is 0.303 e. The summed E-state index contributed by atoms with van der Waals surface area (Å²) in [5, 5.41) is 9.29. The van der Waals surface area contributed by atoms with Gasteiger partial charge in [0, 0.05) is 18.8 Å². The lowest BCUT2D eigenvalue weighted by molar-refractivity contribution is -0.137. The summed E-state index contributed by atoms with van der Waals surface area (Å²) in [6.45, 7) is 7.89. The molecule has 3 aliphatic carbocycles. The zero-order chi connectivity index (χ0) is 20.0. The Morgan fingerprint density at radius 1 is 1.07 bits per heavy atom. The van der Waals surface area contributed by atoms with E-state index in [0.29, 0.717) is 24.5 Å². The highest BCUT2D eigenvalue weighted by Gasteiger charge is 2.55. The fraction of sp³-hybridized carbons (Fsp3) is 0.783. The summed E-state index contributed by atoms with van der Waals surface area (Å²) >= 11 is 0. The molecule has 1 N–H and O–H groups in total. The molecule has 0 unspecified atom stereocenters. The Morgan fingerprint density at radius 2 is 1.78 bits per heavy atom. The summed E-state index contributed by atoms with van der Waals surface area (Å²) in [4.78, 5) is 35.4. The largest absolute Gasteiger partial charge is 0.481 e. The number of carboxylic acid groups (broad SMARTS) is 1. The van der Waals surface area contributed by atoms with Crippen LogP contribution in [0, 0.1) is 28.6 Å². The van der Waals surface area contributed by atoms with Crippen LogP contribution < -0.4 is 0 Å². The zero-order valence-electron chi connectivity index (χ0n) is 17.3. The molecule has 1 saturated carbocycles. The van der Waals surface area contributed by atoms with Gasteiger partial charge in [0.15, 0.2) is 0 Å². The van der Waals surface area contributed by atoms with Crippen molar-refractivity contribution < 1.29 is 19.5 Å². The van der Waals surface area contributed by atoms with Gasteiger partial charge in [-0.25, -0.2) is 0 Å². The minimum atomic E-state index is -0.760. The number of Topliss-reactive ketones (excluding diaryl/α,β-unsaturated/α-hetero) is 2. The molecule has 0 aliphatic heterocycles. The predicted octanol–water partition coefficient (Wildman–Crippen LogP) is 4.96. The van der Waals surface area contributed by atoms with Crippen molar-refractivity contribution in [2.45, 2.75) is 85.5 Å². The maximum absolute atomic E-state index is 12.2. The normalized spacial score (nSPS) is 38.3. The highest BCUT2D eigenvalue weighted by atomic mass is 16.4. The summed E-state index contributed by atoms with van der Waals surface area (Å²) < 4.78 is 0. The van der Waals surface area contributed by atoms with Crippen molar-refractivity contribution in [2.75, 3.05) is 0 Å². The number of fused-ring (bicyclic) bond motifs is 2. The van der Waals surface area contributed by atoms with E-state index in [9.17, 15) is 19.5 Å². The van der Waals surface area contributed by atoms with Crippen LogP contribution in [0.1, 0.15) is 85.5 Å². The van der Waals surface area contributed by atoms with Gasteiger partial charge in [-0.05, 0) is 81.5 Å². The van der Waals surface area contributed by atoms with Crippen LogP contribution in [-0.2, 0) is 14.4 Å². The summed E-state index contributed by atoms with van der Waals surface area (Å²) in [5.74, 6) is 0.618. The van der Waals surface area contributed by atoms with Gasteiger partial charge < -0.3 is 9.90 Å². The third-order valence-corrected chi connectivity index (χ3v) is 8.29. The zero-order valence-corrected chi connectivity index (χ0v) is 17.3. The number of hydrogen-bond acceptors (Lipinski definition) is 3. The number of carbonyl (C=O) groups is 3. The van der Waals surface area contributed by atoms with Crippen LogP contribution in [0.3, 0.4) is 0 Å². The predicted molar refractivity (Wildman–Crippen MR) is 104 cm³/mol. The van der Waals surface area contributed by atoms with E-state index in [0.717, 1.165) is 38.5 Å². The molecule has 150 valence electrons. The lowest BCUT2D eigenvalue weighted by Crippen LogP contribution is -2.43. The van der Waals surface area contributed by atoms with E-state index in [-0.39, 0.29) is 34.9 Å². The van der Waals surface area contributed by atoms with E-state index in [1.807, 2.05) is 0 Å². The molecule has 0 saturated heterocycles. The molecular formula is C23H34O4. The lowest BCUT2D eigenvalue weighted by atomic mass is 9.52. The van der Waals surface area contributed by atoms with Crippen molar-refractivity contribution in [2.24, 2.45) is 28.6 Å². The fourth-order valence-electron chi connectivity index (χ4n) is 6.86. The molecule has 4 heteroatoms. The summed E-state index contributed by atoms with van der Waals surface area (Å²) in [7, 11) is 0. The first-order valence-corrected chi connectivity index (χ1v) is 10.5. The van der Waals surface area contributed by atoms with E-state index >= 15 is 0 Å². The third-order valence-electron chi connectivity index (χ3n) is 8.29. The maximum Gasteiger partial charge on any atom is 0.303 e. The highest BCUT2D eigenvalue weighted by molar-refractivity contribution is 5.80. The van der Waals surface area contributed by atoms with Gasteiger partial charge in [0.1, 0.15) is 11.6 Å². The Morgan fingerprint density at radius 3 is 2.37 bits per heavy atom. The van der Waals surface area contributed by atoms with Crippen molar-refractivity contribution in [3.63, 3.8) is 0 Å². The van der Waals surface area contributed by atoms with Crippen LogP contribution in [0.5, 0.6) is 0 Å². The number of carbonyl (C=O) groups excluding carboxylic acids is 2. The minimum absolute atomic E-state index is 0.0613. The fourth-order valence-corrected chi connectivity index (χ4v) is 6.86. The van der Waals surface area contributed by atoms with Gasteiger partial charge in [-0.1, -0.05) is 25.0 Å². The van der Waals surface area contributed by atoms with Crippen LogP contribution in [0.15, 0.2) is 11.1 Å². The molecule has 1 fully saturated rings. The van der Waals surface area contributed by atoms with Crippen LogP contribution in [-0.4, -0.2) is 22.6 Å². The molecule has 0 spiro atoms. The first kappa shape index (κ1) is 20.3. The second-order valence-electron chi connectivity index (χ2n) is 9.76. The standard InChI is InChI=1S/C23H34O4/c1-14(24)13-16-5-6-17-19-8-7-18(15(2)25)23(19,4)11-9-20(17)22(16,3)12-10-21(26)27/h16,18-19H,5-13H2,1-4H3,(H,26,27)/t16-,18+,19-,22-,23+/m0/s1. The molecule has 3 rings (SSSR count). The Kier molecular flexibility index (Phi) is 5.39. The van der Waals surface area contributed by atoms with E-state index in [2.05, 4.69) is 13.8 Å². The van der Waals surface area contributed by atoms with Crippen LogP contribution >= 0.6 is 0 Å². The molecule has 0 aromatic rings. The lowest BCUT2D eigenvalue weighted by Gasteiger charge is -2.52. The molecule has 4 nitrogen and oxygen atoms in total. The van der Waals surface area contributed by atoms with Crippen LogP contribution in [0.2, 0.25) is 0 Å². The van der Waals surface area contributed by atoms with Gasteiger partial charge in [-0.3, -0.25) is 9.59 Å². The van der Waals surface area contributed by atoms with Gasteiger partial charge in [0.2, 0.25) is 0 Å². The van der Waals surface area contributed by atoms with Crippen LogP contribution in [0.4, 0.5) is 0 Å². The number of hydrogen-bond donors (Lipinski definition) is 1.